The van der Waals surface area contributed by atoms with Crippen LogP contribution in [0.5, 0.6) is 0 Å². The van der Waals surface area contributed by atoms with Gasteiger partial charge in [0.05, 0.1) is 29.5 Å². The molecular weight excluding hydrogens is 543 g/mol. The summed E-state index contributed by atoms with van der Waals surface area (Å²) in [6.45, 7) is 2.46. The highest BCUT2D eigenvalue weighted by Crippen LogP contribution is 2.33. The number of carbonyl (C=O) groups is 1. The van der Waals surface area contributed by atoms with Crippen LogP contribution in [-0.4, -0.2) is 38.3 Å². The molecule has 0 atom stereocenters. The van der Waals surface area contributed by atoms with Crippen LogP contribution in [0.4, 0.5) is 18.9 Å². The van der Waals surface area contributed by atoms with E-state index in [1.807, 2.05) is 13.0 Å². The van der Waals surface area contributed by atoms with Gasteiger partial charge in [0.2, 0.25) is 11.7 Å². The number of ether oxygens (including phenoxy) is 1. The molecule has 1 aliphatic heterocycles. The van der Waals surface area contributed by atoms with E-state index in [-0.39, 0.29) is 27.5 Å². The van der Waals surface area contributed by atoms with Gasteiger partial charge in [-0.25, -0.2) is 0 Å². The second-order valence-electron chi connectivity index (χ2n) is 7.45. The van der Waals surface area contributed by atoms with Crippen molar-refractivity contribution in [3.63, 3.8) is 0 Å². The van der Waals surface area contributed by atoms with E-state index in [0.717, 1.165) is 28.3 Å². The van der Waals surface area contributed by atoms with Gasteiger partial charge >= 0.3 is 6.18 Å². The Labute approximate surface area is 204 Å². The van der Waals surface area contributed by atoms with Gasteiger partial charge in [0.1, 0.15) is 11.0 Å². The van der Waals surface area contributed by atoms with Crippen molar-refractivity contribution >= 4 is 50.5 Å². The standard InChI is InChI=1S/C21H18BrClF3N5O3/c1-2-15-17(22)19(33)31-20(28-18(29-31)11-5-7-34-8-6-11)30(15)10-16(32)27-14-4-3-12(9-13(14)23)21(24,25)26/h3-5,9H,2,6-8,10H2,1H3,(H,27,32). The summed E-state index contributed by atoms with van der Waals surface area (Å²) in [7, 11) is 0. The van der Waals surface area contributed by atoms with Crippen LogP contribution in [0, 0.1) is 0 Å². The number of anilines is 1. The zero-order chi connectivity index (χ0) is 24.6. The quantitative estimate of drug-likeness (QED) is 0.502. The average Bonchev–Trinajstić information content (AvgIpc) is 3.24. The number of nitrogens with one attached hydrogen (secondary N) is 1. The molecule has 13 heteroatoms. The lowest BCUT2D eigenvalue weighted by molar-refractivity contribution is -0.137. The summed E-state index contributed by atoms with van der Waals surface area (Å²) < 4.78 is 46.8. The van der Waals surface area contributed by atoms with Crippen LogP contribution >= 0.6 is 27.5 Å². The maximum atomic E-state index is 12.9. The number of rotatable bonds is 5. The highest BCUT2D eigenvalue weighted by atomic mass is 79.9. The molecule has 1 N–H and O–H groups in total. The number of fused-ring (bicyclic) bond motifs is 1. The Morgan fingerprint density at radius 1 is 1.35 bits per heavy atom. The predicted octanol–water partition coefficient (Wildman–Crippen LogP) is 4.33. The summed E-state index contributed by atoms with van der Waals surface area (Å²) in [6, 6.07) is 2.67. The number of carbonyl (C=O) groups excluding carboxylic acids is 1. The first-order chi connectivity index (χ1) is 16.1. The van der Waals surface area contributed by atoms with Crippen molar-refractivity contribution in [2.24, 2.45) is 0 Å². The van der Waals surface area contributed by atoms with Crippen molar-refractivity contribution < 1.29 is 22.7 Å². The van der Waals surface area contributed by atoms with Gasteiger partial charge in [-0.15, -0.1) is 5.10 Å². The van der Waals surface area contributed by atoms with E-state index in [9.17, 15) is 22.8 Å². The Morgan fingerprint density at radius 2 is 2.12 bits per heavy atom. The molecule has 0 bridgehead atoms. The number of aromatic nitrogens is 4. The number of alkyl halides is 3. The molecule has 3 heterocycles. The fraction of sp³-hybridized carbons (Fsp3) is 0.333. The van der Waals surface area contributed by atoms with E-state index >= 15 is 0 Å². The van der Waals surface area contributed by atoms with Gasteiger partial charge in [-0.1, -0.05) is 24.6 Å². The third-order valence-corrected chi connectivity index (χ3v) is 6.36. The van der Waals surface area contributed by atoms with Crippen LogP contribution in [0.15, 0.2) is 33.5 Å². The van der Waals surface area contributed by atoms with E-state index < -0.39 is 23.2 Å². The van der Waals surface area contributed by atoms with E-state index in [2.05, 4.69) is 31.3 Å². The molecular formula is C21H18BrClF3N5O3. The summed E-state index contributed by atoms with van der Waals surface area (Å²) in [6.07, 6.45) is -1.73. The molecule has 0 unspecified atom stereocenters. The number of hydrogen-bond donors (Lipinski definition) is 1. The Morgan fingerprint density at radius 3 is 2.74 bits per heavy atom. The van der Waals surface area contributed by atoms with Crippen LogP contribution in [0.25, 0.3) is 11.4 Å². The molecule has 180 valence electrons. The number of benzene rings is 1. The highest BCUT2D eigenvalue weighted by Gasteiger charge is 2.31. The number of hydrogen-bond acceptors (Lipinski definition) is 5. The Balaban J connectivity index is 1.70. The lowest BCUT2D eigenvalue weighted by atomic mass is 10.1. The van der Waals surface area contributed by atoms with Gasteiger partial charge in [-0.3, -0.25) is 9.59 Å². The van der Waals surface area contributed by atoms with E-state index in [0.29, 0.717) is 37.6 Å². The Bertz CT molecular complexity index is 1370. The van der Waals surface area contributed by atoms with Crippen molar-refractivity contribution in [3.05, 3.63) is 61.2 Å². The van der Waals surface area contributed by atoms with Gasteiger partial charge in [0.25, 0.3) is 5.56 Å². The first-order valence-corrected chi connectivity index (χ1v) is 11.4. The fourth-order valence-electron chi connectivity index (χ4n) is 3.57. The Kier molecular flexibility index (Phi) is 6.83. The molecule has 4 rings (SSSR count). The summed E-state index contributed by atoms with van der Waals surface area (Å²) in [4.78, 5) is 30.2. The zero-order valence-corrected chi connectivity index (χ0v) is 20.1. The largest absolute Gasteiger partial charge is 0.416 e. The first-order valence-electron chi connectivity index (χ1n) is 10.2. The molecule has 1 aliphatic rings. The van der Waals surface area contributed by atoms with Crippen molar-refractivity contribution in [1.82, 2.24) is 19.2 Å². The Hall–Kier alpha value is -2.70. The van der Waals surface area contributed by atoms with Crippen molar-refractivity contribution in [2.45, 2.75) is 32.5 Å². The zero-order valence-electron chi connectivity index (χ0n) is 17.7. The van der Waals surface area contributed by atoms with Gasteiger partial charge in [0, 0.05) is 5.69 Å². The lowest BCUT2D eigenvalue weighted by Gasteiger charge is -2.15. The summed E-state index contributed by atoms with van der Waals surface area (Å²) in [5, 5.41) is 6.60. The molecule has 0 fully saturated rings. The highest BCUT2D eigenvalue weighted by molar-refractivity contribution is 9.10. The molecule has 0 radical (unpaired) electrons. The molecule has 3 aromatic rings. The van der Waals surface area contributed by atoms with Gasteiger partial charge in [0.15, 0.2) is 5.82 Å². The lowest BCUT2D eigenvalue weighted by Crippen LogP contribution is -2.28. The maximum Gasteiger partial charge on any atom is 0.416 e. The van der Waals surface area contributed by atoms with Crippen molar-refractivity contribution in [3.8, 4) is 0 Å². The normalized spacial score (nSPS) is 14.4. The molecule has 1 amide bonds. The molecule has 0 saturated heterocycles. The van der Waals surface area contributed by atoms with E-state index in [4.69, 9.17) is 16.3 Å². The molecule has 0 spiro atoms. The minimum Gasteiger partial charge on any atom is -0.377 e. The van der Waals surface area contributed by atoms with E-state index in [1.165, 1.54) is 4.57 Å². The first kappa shape index (κ1) is 24.4. The SMILES string of the molecule is CCc1c(Br)c(=O)n2nc(C3=CCOCC3)nc2n1CC(=O)Nc1ccc(C(F)(F)F)cc1Cl. The molecule has 0 saturated carbocycles. The summed E-state index contributed by atoms with van der Waals surface area (Å²) in [5.41, 5.74) is 0.0411. The minimum atomic E-state index is -4.55. The molecule has 0 aliphatic carbocycles. The van der Waals surface area contributed by atoms with Gasteiger partial charge < -0.3 is 14.6 Å². The molecule has 34 heavy (non-hydrogen) atoms. The van der Waals surface area contributed by atoms with Crippen LogP contribution in [-0.2, 0) is 28.7 Å². The van der Waals surface area contributed by atoms with Crippen molar-refractivity contribution in [1.29, 1.82) is 0 Å². The smallest absolute Gasteiger partial charge is 0.377 e. The third kappa shape index (κ3) is 4.75. The van der Waals surface area contributed by atoms with Crippen LogP contribution in [0.2, 0.25) is 5.02 Å². The van der Waals surface area contributed by atoms with E-state index in [1.54, 1.807) is 0 Å². The maximum absolute atomic E-state index is 12.9. The summed E-state index contributed by atoms with van der Waals surface area (Å²) in [5.74, 6) is -0.0368. The number of amides is 1. The fourth-order valence-corrected chi connectivity index (χ4v) is 4.47. The number of halogens is 5. The molecule has 1 aromatic carbocycles. The summed E-state index contributed by atoms with van der Waals surface area (Å²) >= 11 is 9.25. The third-order valence-electron chi connectivity index (χ3n) is 5.25. The molecule has 8 nitrogen and oxygen atoms in total. The predicted molar refractivity (Wildman–Crippen MR) is 123 cm³/mol. The monoisotopic (exact) mass is 559 g/mol. The van der Waals surface area contributed by atoms with Gasteiger partial charge in [-0.2, -0.15) is 22.7 Å². The minimum absolute atomic E-state index is 0.0309. The van der Waals surface area contributed by atoms with Crippen LogP contribution in [0.3, 0.4) is 0 Å². The average molecular weight is 561 g/mol. The van der Waals surface area contributed by atoms with Crippen LogP contribution < -0.4 is 10.9 Å². The topological polar surface area (TPSA) is 90.5 Å². The van der Waals surface area contributed by atoms with Crippen LogP contribution in [0.1, 0.15) is 30.4 Å². The second kappa shape index (κ2) is 9.51. The molecule has 2 aromatic heterocycles. The second-order valence-corrected chi connectivity index (χ2v) is 8.65. The number of nitrogens with zero attached hydrogens (tertiary/aromatic N) is 4. The van der Waals surface area contributed by atoms with Crippen molar-refractivity contribution in [2.75, 3.05) is 18.5 Å². The van der Waals surface area contributed by atoms with Gasteiger partial charge in [-0.05, 0) is 52.5 Å².